The Morgan fingerprint density at radius 2 is 2.00 bits per heavy atom. The zero-order valence-electron chi connectivity index (χ0n) is 10.6. The zero-order valence-corrected chi connectivity index (χ0v) is 12.2. The molecule has 0 radical (unpaired) electrons. The Morgan fingerprint density at radius 1 is 1.40 bits per heavy atom. The molecule has 0 saturated carbocycles. The van der Waals surface area contributed by atoms with Crippen molar-refractivity contribution in [2.75, 3.05) is 11.8 Å². The Hall–Kier alpha value is -1.80. The van der Waals surface area contributed by atoms with Gasteiger partial charge in [-0.25, -0.2) is 13.2 Å². The molecular weight excluding hydrogens is 310 g/mol. The molecule has 1 aromatic rings. The molecule has 1 rings (SSSR count). The van der Waals surface area contributed by atoms with E-state index in [4.69, 9.17) is 16.7 Å². The Bertz CT molecular complexity index is 642. The molecule has 0 amide bonds. The van der Waals surface area contributed by atoms with E-state index in [9.17, 15) is 18.0 Å². The van der Waals surface area contributed by atoms with Crippen molar-refractivity contribution >= 4 is 39.3 Å². The number of sulfonamides is 1. The average Bonchev–Trinajstić information content (AvgIpc) is 2.38. The molecule has 2 N–H and O–H groups in total. The summed E-state index contributed by atoms with van der Waals surface area (Å²) in [6.45, 7) is 1.13. The third-order valence-corrected chi connectivity index (χ3v) is 4.33. The first-order chi connectivity index (χ1) is 9.19. The summed E-state index contributed by atoms with van der Waals surface area (Å²) >= 11 is 5.65. The van der Waals surface area contributed by atoms with Crippen LogP contribution in [0.4, 0.5) is 5.69 Å². The number of ether oxygens (including phenoxy) is 1. The van der Waals surface area contributed by atoms with Crippen LogP contribution in [0.5, 0.6) is 0 Å². The molecule has 7 nitrogen and oxygen atoms in total. The first-order valence-corrected chi connectivity index (χ1v) is 7.23. The smallest absolute Gasteiger partial charge is 0.337 e. The van der Waals surface area contributed by atoms with Crippen LogP contribution in [-0.2, 0) is 19.6 Å². The number of carbonyl (C=O) groups excluding carboxylic acids is 1. The lowest BCUT2D eigenvalue weighted by atomic mass is 10.2. The number of carboxylic acids is 1. The zero-order chi connectivity index (χ0) is 15.5. The summed E-state index contributed by atoms with van der Waals surface area (Å²) in [7, 11) is -3.07. The van der Waals surface area contributed by atoms with Gasteiger partial charge in [0.25, 0.3) is 0 Å². The van der Waals surface area contributed by atoms with Gasteiger partial charge in [0.2, 0.25) is 10.0 Å². The fourth-order valence-electron chi connectivity index (χ4n) is 1.32. The highest BCUT2D eigenvalue weighted by Crippen LogP contribution is 2.22. The number of aromatic carboxylic acids is 1. The molecule has 9 heteroatoms. The van der Waals surface area contributed by atoms with Crippen molar-refractivity contribution in [3.05, 3.63) is 28.8 Å². The van der Waals surface area contributed by atoms with E-state index in [1.807, 2.05) is 4.72 Å². The molecule has 110 valence electrons. The first kappa shape index (κ1) is 16.3. The summed E-state index contributed by atoms with van der Waals surface area (Å²) in [6, 6.07) is 3.63. The largest absolute Gasteiger partial charge is 0.478 e. The maximum absolute atomic E-state index is 11.9. The van der Waals surface area contributed by atoms with Crippen LogP contribution in [0.25, 0.3) is 0 Å². The Kier molecular flexibility index (Phi) is 4.96. The van der Waals surface area contributed by atoms with Gasteiger partial charge in [-0.1, -0.05) is 11.6 Å². The average molecular weight is 322 g/mol. The molecule has 0 aliphatic carbocycles. The minimum atomic E-state index is -4.12. The highest BCUT2D eigenvalue weighted by atomic mass is 35.5. The minimum absolute atomic E-state index is 0.145. The summed E-state index contributed by atoms with van der Waals surface area (Å²) in [5.41, 5.74) is -0.504. The van der Waals surface area contributed by atoms with Gasteiger partial charge in [-0.2, -0.15) is 0 Å². The van der Waals surface area contributed by atoms with Gasteiger partial charge in [-0.05, 0) is 25.1 Å². The maximum atomic E-state index is 11.9. The third kappa shape index (κ3) is 3.61. The molecule has 1 unspecified atom stereocenters. The third-order valence-electron chi connectivity index (χ3n) is 2.46. The van der Waals surface area contributed by atoms with Gasteiger partial charge in [0.1, 0.15) is 0 Å². The van der Waals surface area contributed by atoms with E-state index < -0.39 is 27.2 Å². The minimum Gasteiger partial charge on any atom is -0.478 e. The second kappa shape index (κ2) is 6.10. The lowest BCUT2D eigenvalue weighted by Crippen LogP contribution is -2.33. The van der Waals surface area contributed by atoms with E-state index in [1.165, 1.54) is 12.1 Å². The summed E-state index contributed by atoms with van der Waals surface area (Å²) in [5.74, 6) is -2.31. The van der Waals surface area contributed by atoms with Crippen LogP contribution < -0.4 is 4.72 Å². The first-order valence-electron chi connectivity index (χ1n) is 5.31. The lowest BCUT2D eigenvalue weighted by molar-refractivity contribution is -0.139. The fourth-order valence-corrected chi connectivity index (χ4v) is 2.50. The van der Waals surface area contributed by atoms with E-state index in [-0.39, 0.29) is 16.3 Å². The predicted octanol–water partition coefficient (Wildman–Crippen LogP) is 1.34. The molecule has 0 spiro atoms. The number of halogens is 1. The van der Waals surface area contributed by atoms with Gasteiger partial charge in [0.15, 0.2) is 5.25 Å². The maximum Gasteiger partial charge on any atom is 0.337 e. The predicted molar refractivity (Wildman–Crippen MR) is 72.4 cm³/mol. The highest BCUT2D eigenvalue weighted by molar-refractivity contribution is 7.94. The number of hydrogen-bond acceptors (Lipinski definition) is 5. The molecular formula is C11H12ClNO6S. The van der Waals surface area contributed by atoms with Crippen LogP contribution in [0.15, 0.2) is 18.2 Å². The number of nitrogens with one attached hydrogen (secondary N) is 1. The number of esters is 1. The van der Waals surface area contributed by atoms with Crippen molar-refractivity contribution in [3.63, 3.8) is 0 Å². The van der Waals surface area contributed by atoms with E-state index in [0.29, 0.717) is 0 Å². The van der Waals surface area contributed by atoms with Gasteiger partial charge < -0.3 is 9.84 Å². The highest BCUT2D eigenvalue weighted by Gasteiger charge is 2.30. The Labute approximate surface area is 120 Å². The van der Waals surface area contributed by atoms with E-state index in [0.717, 1.165) is 20.1 Å². The molecule has 0 aliphatic heterocycles. The van der Waals surface area contributed by atoms with Crippen molar-refractivity contribution in [1.82, 2.24) is 0 Å². The van der Waals surface area contributed by atoms with Gasteiger partial charge >= 0.3 is 11.9 Å². The standard InChI is InChI=1S/C11H12ClNO6S/c1-6(11(16)19-2)20(17,18)13-9-4-3-7(12)5-8(9)10(14)15/h3-6,13H,1-2H3,(H,14,15). The summed E-state index contributed by atoms with van der Waals surface area (Å²) in [5, 5.41) is 7.66. The topological polar surface area (TPSA) is 110 Å². The van der Waals surface area contributed by atoms with E-state index in [1.54, 1.807) is 0 Å². The number of rotatable bonds is 5. The molecule has 0 saturated heterocycles. The number of carboxylic acid groups (broad SMARTS) is 1. The van der Waals surface area contributed by atoms with E-state index >= 15 is 0 Å². The van der Waals surface area contributed by atoms with Crippen LogP contribution in [0.3, 0.4) is 0 Å². The summed E-state index contributed by atoms with van der Waals surface area (Å²) < 4.78 is 30.2. The molecule has 0 aromatic heterocycles. The number of hydrogen-bond donors (Lipinski definition) is 2. The normalized spacial score (nSPS) is 12.6. The molecule has 0 aliphatic rings. The quantitative estimate of drug-likeness (QED) is 0.792. The molecule has 20 heavy (non-hydrogen) atoms. The molecule has 1 atom stereocenters. The lowest BCUT2D eigenvalue weighted by Gasteiger charge is -2.14. The number of methoxy groups -OCH3 is 1. The fraction of sp³-hybridized carbons (Fsp3) is 0.273. The number of anilines is 1. The second-order valence-corrected chi connectivity index (χ2v) is 6.25. The van der Waals surface area contributed by atoms with Crippen molar-refractivity contribution in [2.24, 2.45) is 0 Å². The molecule has 0 fully saturated rings. The molecule has 1 aromatic carbocycles. The van der Waals surface area contributed by atoms with Crippen molar-refractivity contribution in [1.29, 1.82) is 0 Å². The van der Waals surface area contributed by atoms with Crippen LogP contribution in [0, 0.1) is 0 Å². The van der Waals surface area contributed by atoms with E-state index in [2.05, 4.69) is 4.74 Å². The molecule has 0 heterocycles. The van der Waals surface area contributed by atoms with Crippen LogP contribution >= 0.6 is 11.6 Å². The van der Waals surface area contributed by atoms with Gasteiger partial charge in [-0.15, -0.1) is 0 Å². The van der Waals surface area contributed by atoms with Gasteiger partial charge in [0.05, 0.1) is 18.4 Å². The van der Waals surface area contributed by atoms with Crippen LogP contribution in [0.1, 0.15) is 17.3 Å². The monoisotopic (exact) mass is 321 g/mol. The SMILES string of the molecule is COC(=O)C(C)S(=O)(=O)Nc1ccc(Cl)cc1C(=O)O. The van der Waals surface area contributed by atoms with Crippen molar-refractivity contribution in [3.8, 4) is 0 Å². The summed E-state index contributed by atoms with van der Waals surface area (Å²) in [4.78, 5) is 22.3. The summed E-state index contributed by atoms with van der Waals surface area (Å²) in [6.07, 6.45) is 0. The Balaban J connectivity index is 3.16. The molecule has 0 bridgehead atoms. The van der Waals surface area contributed by atoms with Crippen LogP contribution in [0.2, 0.25) is 5.02 Å². The van der Waals surface area contributed by atoms with Gasteiger partial charge in [0, 0.05) is 5.02 Å². The van der Waals surface area contributed by atoms with Gasteiger partial charge in [-0.3, -0.25) is 9.52 Å². The Morgan fingerprint density at radius 3 is 2.50 bits per heavy atom. The van der Waals surface area contributed by atoms with Crippen molar-refractivity contribution in [2.45, 2.75) is 12.2 Å². The number of benzene rings is 1. The van der Waals surface area contributed by atoms with Crippen molar-refractivity contribution < 1.29 is 27.9 Å². The second-order valence-electron chi connectivity index (χ2n) is 3.81. The van der Waals surface area contributed by atoms with Crippen LogP contribution in [-0.4, -0.2) is 37.8 Å². The number of carbonyl (C=O) groups is 2.